The number of ether oxygens (including phenoxy) is 2. The largest absolute Gasteiger partial charge is 0.493 e. The Morgan fingerprint density at radius 3 is 2.64 bits per heavy atom. The first-order chi connectivity index (χ1) is 10.6. The van der Waals surface area contributed by atoms with Crippen molar-refractivity contribution in [2.24, 2.45) is 0 Å². The first kappa shape index (κ1) is 15.6. The van der Waals surface area contributed by atoms with E-state index in [0.717, 1.165) is 43.7 Å². The van der Waals surface area contributed by atoms with E-state index in [1.807, 2.05) is 6.07 Å². The highest BCUT2D eigenvalue weighted by molar-refractivity contribution is 5.46. The fourth-order valence-electron chi connectivity index (χ4n) is 4.33. The van der Waals surface area contributed by atoms with Crippen LogP contribution in [0.3, 0.4) is 0 Å². The Hall–Kier alpha value is -1.30. The minimum atomic E-state index is -0.0566. The third kappa shape index (κ3) is 2.37. The predicted octanol–water partition coefficient (Wildman–Crippen LogP) is 2.69. The lowest BCUT2D eigenvalue weighted by molar-refractivity contribution is -0.288. The van der Waals surface area contributed by atoms with Gasteiger partial charge in [-0.2, -0.15) is 0 Å². The predicted molar refractivity (Wildman–Crippen MR) is 83.6 cm³/mol. The van der Waals surface area contributed by atoms with Crippen molar-refractivity contribution in [3.63, 3.8) is 0 Å². The van der Waals surface area contributed by atoms with Crippen molar-refractivity contribution in [3.8, 4) is 11.5 Å². The van der Waals surface area contributed by atoms with Crippen LogP contribution >= 0.6 is 0 Å². The molecule has 122 valence electrons. The molecule has 5 heteroatoms. The zero-order valence-corrected chi connectivity index (χ0v) is 13.5. The van der Waals surface area contributed by atoms with Gasteiger partial charge in [0.15, 0.2) is 11.5 Å². The molecule has 0 bridgehead atoms. The van der Waals surface area contributed by atoms with Crippen LogP contribution in [0.15, 0.2) is 18.2 Å². The van der Waals surface area contributed by atoms with Gasteiger partial charge in [0, 0.05) is 11.5 Å². The van der Waals surface area contributed by atoms with Gasteiger partial charge in [-0.3, -0.25) is 5.26 Å². The minimum Gasteiger partial charge on any atom is -0.493 e. The van der Waals surface area contributed by atoms with Crippen molar-refractivity contribution >= 4 is 0 Å². The topological polar surface area (TPSA) is 51.2 Å². The van der Waals surface area contributed by atoms with Crippen molar-refractivity contribution in [1.82, 2.24) is 4.90 Å². The zero-order chi connectivity index (χ0) is 15.7. The molecule has 1 heterocycles. The van der Waals surface area contributed by atoms with Gasteiger partial charge in [0.1, 0.15) is 0 Å². The number of nitrogens with zero attached hydrogens (tertiary/aromatic N) is 1. The maximum Gasteiger partial charge on any atom is 0.161 e. The molecular weight excluding hydrogens is 282 g/mol. The molecule has 1 unspecified atom stereocenters. The van der Waals surface area contributed by atoms with E-state index in [1.54, 1.807) is 14.2 Å². The number of likely N-dealkylation sites (N-methyl/N-ethyl adjacent to an activating group) is 1. The number of hydrogen-bond donors (Lipinski definition) is 1. The van der Waals surface area contributed by atoms with Gasteiger partial charge in [-0.1, -0.05) is 6.07 Å². The third-order valence-electron chi connectivity index (χ3n) is 5.59. The Bertz CT molecular complexity index is 535. The molecular formula is C17H25NO4. The molecule has 0 radical (unpaired) electrons. The number of benzene rings is 1. The van der Waals surface area contributed by atoms with Gasteiger partial charge in [-0.25, -0.2) is 4.89 Å². The standard InChI is InChI=1S/C17H25NO4/c1-18-9-8-17(7-6-13(22-19)11-16(17)18)12-4-5-14(20-2)15(10-12)21-3/h4-5,10,13,16,19H,6-9,11H2,1-3H3/t13?,16-,17-/m0/s1. The summed E-state index contributed by atoms with van der Waals surface area (Å²) in [6.45, 7) is 1.07. The lowest BCUT2D eigenvalue weighted by Gasteiger charge is -2.43. The van der Waals surface area contributed by atoms with Crippen LogP contribution in [0.4, 0.5) is 0 Å². The van der Waals surface area contributed by atoms with Crippen LogP contribution in [-0.4, -0.2) is 50.1 Å². The highest BCUT2D eigenvalue weighted by atomic mass is 17.1. The Balaban J connectivity index is 1.98. The fourth-order valence-corrected chi connectivity index (χ4v) is 4.33. The molecule has 1 saturated heterocycles. The van der Waals surface area contributed by atoms with Crippen LogP contribution < -0.4 is 9.47 Å². The Morgan fingerprint density at radius 2 is 1.95 bits per heavy atom. The van der Waals surface area contributed by atoms with E-state index in [0.29, 0.717) is 6.04 Å². The van der Waals surface area contributed by atoms with Crippen LogP contribution in [0.25, 0.3) is 0 Å². The normalized spacial score (nSPS) is 31.8. The van der Waals surface area contributed by atoms with Gasteiger partial charge in [-0.05, 0) is 57.0 Å². The second-order valence-corrected chi connectivity index (χ2v) is 6.47. The summed E-state index contributed by atoms with van der Waals surface area (Å²) in [4.78, 5) is 7.03. The SMILES string of the molecule is COc1ccc([C@@]23CCC(OO)C[C@@H]2N(C)CC3)cc1OC. The van der Waals surface area contributed by atoms with E-state index >= 15 is 0 Å². The summed E-state index contributed by atoms with van der Waals surface area (Å²) in [5.41, 5.74) is 1.42. The van der Waals surface area contributed by atoms with E-state index in [-0.39, 0.29) is 11.5 Å². The van der Waals surface area contributed by atoms with Gasteiger partial charge >= 0.3 is 0 Å². The molecule has 22 heavy (non-hydrogen) atoms. The molecule has 0 aromatic heterocycles. The molecule has 2 aliphatic rings. The molecule has 1 N–H and O–H groups in total. The number of fused-ring (bicyclic) bond motifs is 1. The number of rotatable bonds is 4. The lowest BCUT2D eigenvalue weighted by atomic mass is 9.65. The van der Waals surface area contributed by atoms with E-state index in [4.69, 9.17) is 14.7 Å². The van der Waals surface area contributed by atoms with Crippen molar-refractivity contribution in [1.29, 1.82) is 0 Å². The molecule has 0 amide bonds. The summed E-state index contributed by atoms with van der Waals surface area (Å²) in [6.07, 6.45) is 3.83. The summed E-state index contributed by atoms with van der Waals surface area (Å²) in [5.74, 6) is 1.54. The van der Waals surface area contributed by atoms with Crippen molar-refractivity contribution in [2.75, 3.05) is 27.8 Å². The number of likely N-dealkylation sites (tertiary alicyclic amines) is 1. The third-order valence-corrected chi connectivity index (χ3v) is 5.59. The molecule has 2 fully saturated rings. The fraction of sp³-hybridized carbons (Fsp3) is 0.647. The van der Waals surface area contributed by atoms with E-state index < -0.39 is 0 Å². The number of hydrogen-bond acceptors (Lipinski definition) is 5. The Kier molecular flexibility index (Phi) is 4.30. The van der Waals surface area contributed by atoms with Crippen LogP contribution in [-0.2, 0) is 10.3 Å². The van der Waals surface area contributed by atoms with Crippen LogP contribution in [0, 0.1) is 0 Å². The summed E-state index contributed by atoms with van der Waals surface area (Å²) < 4.78 is 10.8. The maximum atomic E-state index is 9.05. The molecule has 5 nitrogen and oxygen atoms in total. The molecule has 1 saturated carbocycles. The Morgan fingerprint density at radius 1 is 1.18 bits per heavy atom. The second kappa shape index (κ2) is 6.07. The average molecular weight is 307 g/mol. The lowest BCUT2D eigenvalue weighted by Crippen LogP contribution is -2.47. The highest BCUT2D eigenvalue weighted by Gasteiger charge is 2.50. The van der Waals surface area contributed by atoms with Crippen LogP contribution in [0.2, 0.25) is 0 Å². The molecule has 3 atom stereocenters. The van der Waals surface area contributed by atoms with Crippen LogP contribution in [0.1, 0.15) is 31.2 Å². The van der Waals surface area contributed by atoms with Gasteiger partial charge in [0.05, 0.1) is 20.3 Å². The van der Waals surface area contributed by atoms with Crippen molar-refractivity contribution < 1.29 is 19.6 Å². The smallest absolute Gasteiger partial charge is 0.161 e. The minimum absolute atomic E-state index is 0.0566. The molecule has 0 spiro atoms. The number of methoxy groups -OCH3 is 2. The molecule has 1 aliphatic heterocycles. The summed E-state index contributed by atoms with van der Waals surface area (Å²) in [6, 6.07) is 6.66. The van der Waals surface area contributed by atoms with Gasteiger partial charge in [0.2, 0.25) is 0 Å². The summed E-state index contributed by atoms with van der Waals surface area (Å²) in [7, 11) is 5.49. The highest BCUT2D eigenvalue weighted by Crippen LogP contribution is 2.50. The monoisotopic (exact) mass is 307 g/mol. The van der Waals surface area contributed by atoms with Gasteiger partial charge < -0.3 is 14.4 Å². The van der Waals surface area contributed by atoms with E-state index in [9.17, 15) is 0 Å². The van der Waals surface area contributed by atoms with Crippen molar-refractivity contribution in [3.05, 3.63) is 23.8 Å². The second-order valence-electron chi connectivity index (χ2n) is 6.47. The van der Waals surface area contributed by atoms with Crippen LogP contribution in [0.5, 0.6) is 11.5 Å². The van der Waals surface area contributed by atoms with Gasteiger partial charge in [0.25, 0.3) is 0 Å². The summed E-state index contributed by atoms with van der Waals surface area (Å²) in [5, 5.41) is 9.05. The maximum absolute atomic E-state index is 9.05. The van der Waals surface area contributed by atoms with Crippen molar-refractivity contribution in [2.45, 2.75) is 43.2 Å². The molecule has 1 aromatic carbocycles. The molecule has 1 aliphatic carbocycles. The zero-order valence-electron chi connectivity index (χ0n) is 13.5. The summed E-state index contributed by atoms with van der Waals surface area (Å²) >= 11 is 0. The van der Waals surface area contributed by atoms with E-state index in [1.165, 1.54) is 5.56 Å². The first-order valence-electron chi connectivity index (χ1n) is 7.87. The van der Waals surface area contributed by atoms with Gasteiger partial charge in [-0.15, -0.1) is 0 Å². The van der Waals surface area contributed by atoms with E-state index in [2.05, 4.69) is 29.0 Å². The molecule has 1 aromatic rings. The molecule has 3 rings (SSSR count). The average Bonchev–Trinajstić information content (AvgIpc) is 2.91. The quantitative estimate of drug-likeness (QED) is 0.684. The first-order valence-corrected chi connectivity index (χ1v) is 7.87. The Labute approximate surface area is 131 Å².